The number of benzene rings is 1. The lowest BCUT2D eigenvalue weighted by atomic mass is 9.98. The number of sulfonamides is 1. The third kappa shape index (κ3) is 3.93. The molecule has 4 rings (SSSR count). The Morgan fingerprint density at radius 2 is 1.73 bits per heavy atom. The smallest absolute Gasteiger partial charge is 0.323 e. The van der Waals surface area contributed by atoms with Gasteiger partial charge in [0.2, 0.25) is 10.0 Å². The second kappa shape index (κ2) is 8.55. The Balaban J connectivity index is 1.77. The van der Waals surface area contributed by atoms with E-state index in [0.29, 0.717) is 24.4 Å². The number of nitrogens with zero attached hydrogens (tertiary/aromatic N) is 2. The third-order valence-corrected chi connectivity index (χ3v) is 8.54. The van der Waals surface area contributed by atoms with Crippen molar-refractivity contribution in [3.63, 3.8) is 0 Å². The van der Waals surface area contributed by atoms with Gasteiger partial charge in [0.25, 0.3) is 0 Å². The van der Waals surface area contributed by atoms with E-state index in [1.165, 1.54) is 5.56 Å². The quantitative estimate of drug-likeness (QED) is 0.711. The van der Waals surface area contributed by atoms with E-state index in [0.717, 1.165) is 67.5 Å². The molecule has 1 fully saturated rings. The Kier molecular flexibility index (Phi) is 6.02. The molecule has 0 bridgehead atoms. The van der Waals surface area contributed by atoms with Crippen molar-refractivity contribution in [2.75, 3.05) is 13.1 Å². The van der Waals surface area contributed by atoms with Gasteiger partial charge in [-0.3, -0.25) is 4.79 Å². The number of fused-ring (bicyclic) bond motifs is 1. The monoisotopic (exact) mass is 430 g/mol. The van der Waals surface area contributed by atoms with Crippen molar-refractivity contribution in [3.8, 4) is 0 Å². The van der Waals surface area contributed by atoms with Gasteiger partial charge in [0.15, 0.2) is 0 Å². The number of carboxylic acids is 1. The van der Waals surface area contributed by atoms with Crippen molar-refractivity contribution in [3.05, 3.63) is 52.3 Å². The molecule has 0 atom stereocenters. The van der Waals surface area contributed by atoms with Gasteiger partial charge in [-0.1, -0.05) is 24.6 Å². The maximum absolute atomic E-state index is 13.3. The molecule has 1 saturated heterocycles. The van der Waals surface area contributed by atoms with E-state index in [9.17, 15) is 18.3 Å². The van der Waals surface area contributed by atoms with Crippen LogP contribution in [0.1, 0.15) is 60.2 Å². The summed E-state index contributed by atoms with van der Waals surface area (Å²) in [4.78, 5) is 11.9. The first-order chi connectivity index (χ1) is 14.4. The molecule has 2 aliphatic rings. The molecule has 0 saturated carbocycles. The van der Waals surface area contributed by atoms with Gasteiger partial charge in [0.05, 0.1) is 4.90 Å². The predicted molar refractivity (Wildman–Crippen MR) is 115 cm³/mol. The second-order valence-electron chi connectivity index (χ2n) is 8.43. The molecule has 1 aromatic heterocycles. The topological polar surface area (TPSA) is 79.6 Å². The molecule has 2 heterocycles. The van der Waals surface area contributed by atoms with Crippen LogP contribution in [0.4, 0.5) is 0 Å². The van der Waals surface area contributed by atoms with Crippen LogP contribution in [0.2, 0.25) is 0 Å². The number of rotatable bonds is 6. The Morgan fingerprint density at radius 1 is 1.03 bits per heavy atom. The molecule has 6 nitrogen and oxygen atoms in total. The van der Waals surface area contributed by atoms with Crippen LogP contribution in [0.15, 0.2) is 29.2 Å². The van der Waals surface area contributed by atoms with Gasteiger partial charge in [0.1, 0.15) is 6.54 Å². The predicted octanol–water partition coefficient (Wildman–Crippen LogP) is 3.53. The summed E-state index contributed by atoms with van der Waals surface area (Å²) in [6.45, 7) is 3.10. The van der Waals surface area contributed by atoms with Crippen LogP contribution in [0, 0.1) is 6.92 Å². The van der Waals surface area contributed by atoms with Crippen molar-refractivity contribution in [2.45, 2.75) is 69.7 Å². The number of hydrogen-bond donors (Lipinski definition) is 1. The number of aromatic nitrogens is 1. The van der Waals surface area contributed by atoms with Crippen molar-refractivity contribution >= 4 is 16.0 Å². The summed E-state index contributed by atoms with van der Waals surface area (Å²) < 4.78 is 30.1. The molecule has 0 amide bonds. The zero-order valence-electron chi connectivity index (χ0n) is 17.6. The highest BCUT2D eigenvalue weighted by Gasteiger charge is 2.30. The number of carboxylic acid groups (broad SMARTS) is 1. The average molecular weight is 431 g/mol. The first kappa shape index (κ1) is 21.1. The largest absolute Gasteiger partial charge is 0.480 e. The summed E-state index contributed by atoms with van der Waals surface area (Å²) in [5, 5.41) is 9.43. The lowest BCUT2D eigenvalue weighted by Crippen LogP contribution is -2.28. The first-order valence-electron chi connectivity index (χ1n) is 10.9. The molecule has 1 aliphatic carbocycles. The summed E-state index contributed by atoms with van der Waals surface area (Å²) in [5.74, 6) is -0.844. The molecule has 0 unspecified atom stereocenters. The van der Waals surface area contributed by atoms with E-state index in [1.54, 1.807) is 16.4 Å². The van der Waals surface area contributed by atoms with Crippen molar-refractivity contribution < 1.29 is 18.3 Å². The van der Waals surface area contributed by atoms with Crippen LogP contribution in [-0.4, -0.2) is 41.5 Å². The Labute approximate surface area is 178 Å². The van der Waals surface area contributed by atoms with Gasteiger partial charge in [0, 0.05) is 30.9 Å². The van der Waals surface area contributed by atoms with E-state index in [4.69, 9.17) is 0 Å². The molecule has 30 heavy (non-hydrogen) atoms. The Morgan fingerprint density at radius 3 is 2.47 bits per heavy atom. The SMILES string of the molecule is Cc1c(Cc2ccccc2S(=O)(=O)N2CCCC2)c2c(n1CC(=O)O)CCCCC2. The fraction of sp³-hybridized carbons (Fsp3) is 0.522. The van der Waals surface area contributed by atoms with Crippen molar-refractivity contribution in [1.82, 2.24) is 8.87 Å². The Bertz CT molecular complexity index is 1050. The highest BCUT2D eigenvalue weighted by Crippen LogP contribution is 2.33. The molecule has 1 aliphatic heterocycles. The maximum atomic E-state index is 13.3. The lowest BCUT2D eigenvalue weighted by molar-refractivity contribution is -0.137. The molecule has 7 heteroatoms. The third-order valence-electron chi connectivity index (χ3n) is 6.54. The van der Waals surface area contributed by atoms with E-state index >= 15 is 0 Å². The van der Waals surface area contributed by atoms with Crippen LogP contribution in [0.25, 0.3) is 0 Å². The lowest BCUT2D eigenvalue weighted by Gasteiger charge is -2.18. The molecule has 2 aromatic rings. The van der Waals surface area contributed by atoms with Crippen molar-refractivity contribution in [1.29, 1.82) is 0 Å². The molecule has 162 valence electrons. The van der Waals surface area contributed by atoms with Crippen LogP contribution >= 0.6 is 0 Å². The zero-order valence-corrected chi connectivity index (χ0v) is 18.4. The maximum Gasteiger partial charge on any atom is 0.323 e. The fourth-order valence-electron chi connectivity index (χ4n) is 5.02. The van der Waals surface area contributed by atoms with Gasteiger partial charge in [-0.05, 0) is 68.2 Å². The van der Waals surface area contributed by atoms with Gasteiger partial charge in [-0.2, -0.15) is 4.31 Å². The Hall–Kier alpha value is -2.12. The molecule has 0 spiro atoms. The molecular formula is C23H30N2O4S. The minimum Gasteiger partial charge on any atom is -0.480 e. The van der Waals surface area contributed by atoms with E-state index < -0.39 is 16.0 Å². The van der Waals surface area contributed by atoms with Gasteiger partial charge in [-0.25, -0.2) is 8.42 Å². The summed E-state index contributed by atoms with van der Waals surface area (Å²) in [6, 6.07) is 7.29. The highest BCUT2D eigenvalue weighted by atomic mass is 32.2. The normalized spacial score (nSPS) is 17.6. The summed E-state index contributed by atoms with van der Waals surface area (Å²) in [7, 11) is -3.51. The van der Waals surface area contributed by atoms with E-state index in [2.05, 4.69) is 0 Å². The molecule has 1 N–H and O–H groups in total. The first-order valence-corrected chi connectivity index (χ1v) is 12.3. The number of carbonyl (C=O) groups is 1. The number of hydrogen-bond acceptors (Lipinski definition) is 3. The summed E-state index contributed by atoms with van der Waals surface area (Å²) in [5.41, 5.74) is 5.23. The standard InChI is InChI=1S/C23H30N2O4S/c1-17-20(19-10-3-2-4-11-21(19)25(17)16-23(26)27)15-18-9-5-6-12-22(18)30(28,29)24-13-7-8-14-24/h5-6,9,12H,2-4,7-8,10-11,13-16H2,1H3,(H,26,27). The minimum atomic E-state index is -3.51. The molecule has 0 radical (unpaired) electrons. The van der Waals surface area contributed by atoms with Gasteiger partial charge in [-0.15, -0.1) is 0 Å². The van der Waals surface area contributed by atoms with E-state index in [1.807, 2.05) is 23.6 Å². The fourth-order valence-corrected chi connectivity index (χ4v) is 6.76. The van der Waals surface area contributed by atoms with Crippen LogP contribution in [-0.2, 0) is 40.6 Å². The average Bonchev–Trinajstić information content (AvgIpc) is 3.25. The minimum absolute atomic E-state index is 0.0398. The number of aliphatic carboxylic acids is 1. The van der Waals surface area contributed by atoms with Crippen LogP contribution in [0.3, 0.4) is 0 Å². The second-order valence-corrected chi connectivity index (χ2v) is 10.3. The highest BCUT2D eigenvalue weighted by molar-refractivity contribution is 7.89. The van der Waals surface area contributed by atoms with E-state index in [-0.39, 0.29) is 6.54 Å². The van der Waals surface area contributed by atoms with Gasteiger partial charge >= 0.3 is 5.97 Å². The molecular weight excluding hydrogens is 400 g/mol. The van der Waals surface area contributed by atoms with Crippen LogP contribution in [0.5, 0.6) is 0 Å². The summed E-state index contributed by atoms with van der Waals surface area (Å²) in [6.07, 6.45) is 7.44. The molecule has 1 aromatic carbocycles. The van der Waals surface area contributed by atoms with Crippen LogP contribution < -0.4 is 0 Å². The summed E-state index contributed by atoms with van der Waals surface area (Å²) >= 11 is 0. The zero-order chi connectivity index (χ0) is 21.3. The van der Waals surface area contributed by atoms with Crippen molar-refractivity contribution in [2.24, 2.45) is 0 Å². The van der Waals surface area contributed by atoms with Gasteiger partial charge < -0.3 is 9.67 Å².